The Kier molecular flexibility index (Phi) is 22.6. The summed E-state index contributed by atoms with van der Waals surface area (Å²) >= 11 is 0. The zero-order valence-electron chi connectivity index (χ0n) is 57.3. The van der Waals surface area contributed by atoms with Gasteiger partial charge in [0.05, 0.1) is 62.7 Å². The lowest BCUT2D eigenvalue weighted by atomic mass is 9.33. The molecule has 10 aliphatic rings. The van der Waals surface area contributed by atoms with Crippen molar-refractivity contribution in [1.29, 1.82) is 0 Å². The number of methoxy groups -OCH3 is 1. The summed E-state index contributed by atoms with van der Waals surface area (Å²) in [5.74, 6) is -4.07. The second-order valence-corrected chi connectivity index (χ2v) is 31.0. The number of hydrogen-bond acceptors (Lipinski definition) is 30. The lowest BCUT2D eigenvalue weighted by Crippen LogP contribution is -2.71. The van der Waals surface area contributed by atoms with Crippen LogP contribution in [0, 0.1) is 50.2 Å². The molecule has 5 aliphatic carbocycles. The summed E-state index contributed by atoms with van der Waals surface area (Å²) in [5, 5.41) is 177. The van der Waals surface area contributed by atoms with Gasteiger partial charge < -0.3 is 139 Å². The van der Waals surface area contributed by atoms with Crippen molar-refractivity contribution < 1.29 is 153 Å². The van der Waals surface area contributed by atoms with E-state index in [1.165, 1.54) is 34.0 Å². The van der Waals surface area contributed by atoms with Crippen LogP contribution in [0.3, 0.4) is 0 Å². The molecule has 0 aromatic heterocycles. The van der Waals surface area contributed by atoms with Crippen LogP contribution in [0.2, 0.25) is 0 Å². The molecular weight excluding hydrogens is 1320 g/mol. The molecule has 5 aliphatic heterocycles. The van der Waals surface area contributed by atoms with Crippen LogP contribution in [-0.2, 0) is 66.5 Å². The van der Waals surface area contributed by atoms with Crippen molar-refractivity contribution in [2.45, 2.75) is 266 Å². The van der Waals surface area contributed by atoms with Crippen molar-refractivity contribution in [3.05, 3.63) is 47.6 Å². The lowest BCUT2D eigenvalue weighted by molar-refractivity contribution is -0.378. The standard InChI is InChI=1S/C69H102O31/c1-29-53(97-57-48(81)44(77)38(27-90-57)95-59-49(82)45(78)42(75)36(25-70)93-59)47(80)51(84)58(91-29)98-55-52(85)54(96-41(74)16-11-31-9-12-32(89-8)13-10-31)30(2)92-61(55)100-63(88)68-20-19-64(3,4)23-34(68)33-14-15-39-65(5)24-35(73)56(99-60-50(83)46(79)43(76)37(26-71)94-60)67(7,62(86)87)40(65)17-18-66(39,6)69(33,28-72)22-21-68/h9-14,16,29-30,34-40,42-61,70-73,75-85H,15,17-28H2,1-8H3,(H,86,87)/b16-11-/t29?,30-,34+,35?,36+,37?,38?,39?,40?,42+,43?,44?,45?,46-,47?,48?,49?,50+,51?,52?,53-,54-,55?,56?,57-,58-,59+,60-,61-,65+,66+,67-,68-,69-/m0/s1. The van der Waals surface area contributed by atoms with E-state index in [2.05, 4.69) is 26.8 Å². The predicted molar refractivity (Wildman–Crippen MR) is 337 cm³/mol. The Balaban J connectivity index is 0.845. The number of esters is 2. The van der Waals surface area contributed by atoms with Gasteiger partial charge in [0.1, 0.15) is 103 Å². The number of rotatable bonds is 18. The zero-order chi connectivity index (χ0) is 72.8. The predicted octanol–water partition coefficient (Wildman–Crippen LogP) is -2.24. The first-order valence-corrected chi connectivity index (χ1v) is 34.6. The number of aliphatic carboxylic acids is 1. The van der Waals surface area contributed by atoms with E-state index < -0.39 is 236 Å². The fourth-order valence-corrected chi connectivity index (χ4v) is 19.0. The summed E-state index contributed by atoms with van der Waals surface area (Å²) < 4.78 is 71.1. The highest BCUT2D eigenvalue weighted by Crippen LogP contribution is 2.76. The molecule has 1 aromatic carbocycles. The van der Waals surface area contributed by atoms with E-state index in [1.54, 1.807) is 24.3 Å². The summed E-state index contributed by atoms with van der Waals surface area (Å²) in [5.41, 5.74) is -4.89. The number of benzene rings is 1. The molecule has 16 N–H and O–H groups in total. The molecule has 564 valence electrons. The van der Waals surface area contributed by atoms with Gasteiger partial charge in [-0.25, -0.2) is 4.79 Å². The van der Waals surface area contributed by atoms with Gasteiger partial charge in [-0.2, -0.15) is 0 Å². The van der Waals surface area contributed by atoms with Crippen LogP contribution >= 0.6 is 0 Å². The summed E-state index contributed by atoms with van der Waals surface area (Å²) in [6, 6.07) is 6.74. The van der Waals surface area contributed by atoms with Crippen molar-refractivity contribution >= 4 is 24.0 Å². The Hall–Kier alpha value is -4.05. The van der Waals surface area contributed by atoms with Gasteiger partial charge in [0.2, 0.25) is 6.29 Å². The van der Waals surface area contributed by atoms with E-state index >= 15 is 4.79 Å². The number of hydrogen-bond donors (Lipinski definition) is 16. The second kappa shape index (κ2) is 29.4. The van der Waals surface area contributed by atoms with Gasteiger partial charge in [-0.05, 0) is 136 Å². The third-order valence-electron chi connectivity index (χ3n) is 24.9. The first-order valence-electron chi connectivity index (χ1n) is 34.6. The molecule has 31 nitrogen and oxygen atoms in total. The summed E-state index contributed by atoms with van der Waals surface area (Å²) in [7, 11) is 1.50. The molecular formula is C69H102O31. The molecule has 31 heteroatoms. The van der Waals surface area contributed by atoms with Crippen molar-refractivity contribution in [2.24, 2.45) is 50.2 Å². The largest absolute Gasteiger partial charge is 0.497 e. The monoisotopic (exact) mass is 1430 g/mol. The van der Waals surface area contributed by atoms with Gasteiger partial charge >= 0.3 is 17.9 Å². The van der Waals surface area contributed by atoms with Crippen molar-refractivity contribution in [3.8, 4) is 5.75 Å². The van der Waals surface area contributed by atoms with Crippen LogP contribution in [0.15, 0.2) is 42.0 Å². The van der Waals surface area contributed by atoms with E-state index in [-0.39, 0.29) is 50.0 Å². The first-order chi connectivity index (χ1) is 47.1. The molecule has 1 aromatic rings. The van der Waals surface area contributed by atoms with Crippen LogP contribution in [-0.4, -0.2) is 293 Å². The summed E-state index contributed by atoms with van der Waals surface area (Å²) in [4.78, 5) is 43.5. The van der Waals surface area contributed by atoms with Crippen LogP contribution in [0.4, 0.5) is 0 Å². The molecule has 4 saturated carbocycles. The van der Waals surface area contributed by atoms with Gasteiger partial charge in [-0.1, -0.05) is 51.5 Å². The smallest absolute Gasteiger partial charge is 0.331 e. The molecule has 0 radical (unpaired) electrons. The molecule has 9 fully saturated rings. The average molecular weight is 1430 g/mol. The number of carboxylic acid groups (broad SMARTS) is 1. The first kappa shape index (κ1) is 77.1. The molecule has 16 unspecified atom stereocenters. The Bertz CT molecular complexity index is 3100. The van der Waals surface area contributed by atoms with E-state index in [4.69, 9.17) is 56.8 Å². The Morgan fingerprint density at radius 1 is 0.580 bits per heavy atom. The van der Waals surface area contributed by atoms with Gasteiger partial charge in [0.15, 0.2) is 37.4 Å². The van der Waals surface area contributed by atoms with Gasteiger partial charge in [0, 0.05) is 11.5 Å². The third kappa shape index (κ3) is 13.3. The lowest BCUT2D eigenvalue weighted by Gasteiger charge is -2.71. The molecule has 0 amide bonds. The van der Waals surface area contributed by atoms with Crippen LogP contribution < -0.4 is 4.74 Å². The highest BCUT2D eigenvalue weighted by atomic mass is 16.8. The Labute approximate surface area is 578 Å². The molecule has 0 bridgehead atoms. The molecule has 0 spiro atoms. The van der Waals surface area contributed by atoms with E-state index in [0.717, 1.165) is 11.6 Å². The zero-order valence-corrected chi connectivity index (χ0v) is 57.3. The number of aliphatic hydroxyl groups is 15. The average Bonchev–Trinajstić information content (AvgIpc) is 0.669. The number of ether oxygens (including phenoxy) is 12. The molecule has 34 atom stereocenters. The van der Waals surface area contributed by atoms with Gasteiger partial charge in [-0.15, -0.1) is 0 Å². The second-order valence-electron chi connectivity index (χ2n) is 31.0. The topological polar surface area (TPSA) is 486 Å². The Morgan fingerprint density at radius 3 is 1.76 bits per heavy atom. The summed E-state index contributed by atoms with van der Waals surface area (Å²) in [6.07, 6.45) is -36.7. The van der Waals surface area contributed by atoms with Gasteiger partial charge in [-0.3, -0.25) is 9.59 Å². The van der Waals surface area contributed by atoms with Gasteiger partial charge in [0.25, 0.3) is 0 Å². The highest BCUT2D eigenvalue weighted by Gasteiger charge is 2.74. The minimum Gasteiger partial charge on any atom is -0.497 e. The van der Waals surface area contributed by atoms with Crippen LogP contribution in [0.1, 0.15) is 112 Å². The van der Waals surface area contributed by atoms with E-state index in [1.807, 2.05) is 6.92 Å². The number of carboxylic acids is 1. The van der Waals surface area contributed by atoms with Crippen molar-refractivity contribution in [2.75, 3.05) is 33.5 Å². The highest BCUT2D eigenvalue weighted by molar-refractivity contribution is 5.87. The minimum atomic E-state index is -2.07. The fourth-order valence-electron chi connectivity index (χ4n) is 19.0. The fraction of sp³-hybridized carbons (Fsp3) is 0.812. The number of fused-ring (bicyclic) bond motifs is 7. The maximum Gasteiger partial charge on any atom is 0.331 e. The van der Waals surface area contributed by atoms with Crippen LogP contribution in [0.25, 0.3) is 6.08 Å². The van der Waals surface area contributed by atoms with Crippen molar-refractivity contribution in [1.82, 2.24) is 0 Å². The van der Waals surface area contributed by atoms with E-state index in [0.29, 0.717) is 37.0 Å². The van der Waals surface area contributed by atoms with E-state index in [9.17, 15) is 91.3 Å². The number of carbonyl (C=O) groups is 3. The molecule has 5 saturated heterocycles. The van der Waals surface area contributed by atoms with Crippen molar-refractivity contribution in [3.63, 3.8) is 0 Å². The SMILES string of the molecule is COc1ccc(/C=C\C(=O)O[C@@H]2C(O)C(O[C@@H]3OC(C)[C@H](O[C@@H]4OCC(O[C@H]5O[C@H](CO)[C@@H](O)C(O)C5O)C(O)C4O)C(O)C3O)[C@H](OC(=O)[C@]34CCC(C)(C)C[C@@H]3C3=CCC5[C@@]6(C)CC(O)C(O[C@@H]7OC(CO)C(O)[C@H](O)[C@H]7O)[C@@](C)(C(=O)O)C6CC[C@@]5(C)[C@]3(CO)CC4)O[C@H]2C)cc1. The maximum absolute atomic E-state index is 15.9. The molecule has 100 heavy (non-hydrogen) atoms. The number of aliphatic hydroxyl groups excluding tert-OH is 15. The minimum absolute atomic E-state index is 0.00740. The van der Waals surface area contributed by atoms with Crippen LogP contribution in [0.5, 0.6) is 5.75 Å². The summed E-state index contributed by atoms with van der Waals surface area (Å²) in [6.45, 7) is 10.1. The quantitative estimate of drug-likeness (QED) is 0.0320. The third-order valence-corrected chi connectivity index (χ3v) is 24.9. The Morgan fingerprint density at radius 2 is 1.15 bits per heavy atom. The number of allylic oxidation sites excluding steroid dienone is 1. The normalized spacial score (nSPS) is 49.4. The molecule has 11 rings (SSSR count). The number of carbonyl (C=O) groups excluding carboxylic acids is 2. The molecule has 5 heterocycles. The maximum atomic E-state index is 15.9.